The van der Waals surface area contributed by atoms with E-state index in [1.807, 2.05) is 30.3 Å². The molecule has 0 radical (unpaired) electrons. The van der Waals surface area contributed by atoms with Gasteiger partial charge >= 0.3 is 0 Å². The largest absolute Gasteiger partial charge is 0.381 e. The fourth-order valence-electron chi connectivity index (χ4n) is 2.16. The molecule has 0 saturated carbocycles. The number of nitrogens with one attached hydrogen (secondary N) is 1. The first kappa shape index (κ1) is 12.5. The molecule has 0 aliphatic rings. The Morgan fingerprint density at radius 1 is 0.950 bits per heavy atom. The van der Waals surface area contributed by atoms with Crippen LogP contribution in [0.1, 0.15) is 5.56 Å². The number of benzene rings is 2. The predicted octanol–water partition coefficient (Wildman–Crippen LogP) is 4.13. The molecule has 2 aromatic carbocycles. The molecule has 1 N–H and O–H groups in total. The van der Waals surface area contributed by atoms with Gasteiger partial charge in [0.15, 0.2) is 0 Å². The van der Waals surface area contributed by atoms with Gasteiger partial charge in [-0.2, -0.15) is 0 Å². The van der Waals surface area contributed by atoms with Crippen LogP contribution in [0.3, 0.4) is 0 Å². The number of hydrogen-bond acceptors (Lipinski definition) is 2. The van der Waals surface area contributed by atoms with Crippen molar-refractivity contribution in [3.05, 3.63) is 71.9 Å². The maximum Gasteiger partial charge on any atom is 0.128 e. The Bertz CT molecular complexity index is 731. The zero-order valence-electron chi connectivity index (χ0n) is 10.6. The lowest BCUT2D eigenvalue weighted by atomic mass is 10.1. The van der Waals surface area contributed by atoms with Crippen molar-refractivity contribution in [3.8, 4) is 0 Å². The van der Waals surface area contributed by atoms with Crippen molar-refractivity contribution in [2.24, 2.45) is 0 Å². The van der Waals surface area contributed by atoms with Crippen LogP contribution < -0.4 is 5.32 Å². The molecule has 0 aliphatic heterocycles. The van der Waals surface area contributed by atoms with Crippen molar-refractivity contribution in [3.63, 3.8) is 0 Å². The molecule has 0 amide bonds. The van der Waals surface area contributed by atoms with Crippen molar-refractivity contribution in [2.75, 3.05) is 5.32 Å². The number of aromatic nitrogens is 1. The van der Waals surface area contributed by atoms with Crippen molar-refractivity contribution >= 4 is 16.6 Å². The summed E-state index contributed by atoms with van der Waals surface area (Å²) in [5, 5.41) is 4.05. The summed E-state index contributed by atoms with van der Waals surface area (Å²) >= 11 is 0. The second-order valence-electron chi connectivity index (χ2n) is 4.50. The lowest BCUT2D eigenvalue weighted by molar-refractivity contribution is 0.584. The minimum atomic E-state index is -0.591. The molecule has 0 atom stereocenters. The second kappa shape index (κ2) is 5.25. The third kappa shape index (κ3) is 2.59. The number of halogens is 2. The van der Waals surface area contributed by atoms with Gasteiger partial charge in [-0.25, -0.2) is 8.78 Å². The molecule has 20 heavy (non-hydrogen) atoms. The summed E-state index contributed by atoms with van der Waals surface area (Å²) in [6.07, 6.45) is 1.73. The summed E-state index contributed by atoms with van der Waals surface area (Å²) < 4.78 is 26.2. The highest BCUT2D eigenvalue weighted by Gasteiger charge is 2.03. The minimum absolute atomic E-state index is 0.420. The molecule has 1 aromatic heterocycles. The number of anilines is 1. The highest BCUT2D eigenvalue weighted by Crippen LogP contribution is 2.19. The fourth-order valence-corrected chi connectivity index (χ4v) is 2.16. The summed E-state index contributed by atoms with van der Waals surface area (Å²) in [5.74, 6) is -1.18. The first-order chi connectivity index (χ1) is 9.72. The maximum atomic E-state index is 13.1. The lowest BCUT2D eigenvalue weighted by Crippen LogP contribution is -2.01. The molecule has 3 aromatic rings. The average molecular weight is 270 g/mol. The molecule has 100 valence electrons. The van der Waals surface area contributed by atoms with E-state index < -0.39 is 11.6 Å². The van der Waals surface area contributed by atoms with E-state index in [9.17, 15) is 8.78 Å². The molecule has 0 fully saturated rings. The Morgan fingerprint density at radius 2 is 1.70 bits per heavy atom. The van der Waals surface area contributed by atoms with Gasteiger partial charge in [0, 0.05) is 29.9 Å². The number of pyridine rings is 1. The van der Waals surface area contributed by atoms with Crippen molar-refractivity contribution in [1.82, 2.24) is 4.98 Å². The van der Waals surface area contributed by atoms with Gasteiger partial charge in [-0.3, -0.25) is 4.98 Å². The highest BCUT2D eigenvalue weighted by atomic mass is 19.1. The Balaban J connectivity index is 1.87. The summed E-state index contributed by atoms with van der Waals surface area (Å²) in [4.78, 5) is 4.28. The summed E-state index contributed by atoms with van der Waals surface area (Å²) in [5.41, 5.74) is 2.35. The first-order valence-electron chi connectivity index (χ1n) is 6.25. The molecule has 3 rings (SSSR count). The van der Waals surface area contributed by atoms with Gasteiger partial charge in [-0.15, -0.1) is 0 Å². The fraction of sp³-hybridized carbons (Fsp3) is 0.0625. The Morgan fingerprint density at radius 3 is 2.50 bits per heavy atom. The number of fused-ring (bicyclic) bond motifs is 1. The monoisotopic (exact) mass is 270 g/mol. The molecule has 2 nitrogen and oxygen atoms in total. The van der Waals surface area contributed by atoms with Crippen LogP contribution in [-0.4, -0.2) is 4.98 Å². The summed E-state index contributed by atoms with van der Waals surface area (Å²) in [6.45, 7) is 0.478. The third-order valence-electron chi connectivity index (χ3n) is 3.08. The molecular weight excluding hydrogens is 258 g/mol. The molecule has 0 saturated heterocycles. The molecule has 1 heterocycles. The van der Waals surface area contributed by atoms with E-state index in [0.29, 0.717) is 12.2 Å². The smallest absolute Gasteiger partial charge is 0.128 e. The van der Waals surface area contributed by atoms with Crippen LogP contribution in [0.25, 0.3) is 10.9 Å². The van der Waals surface area contributed by atoms with Gasteiger partial charge in [0.05, 0.1) is 5.52 Å². The van der Waals surface area contributed by atoms with E-state index in [1.54, 1.807) is 6.20 Å². The van der Waals surface area contributed by atoms with Crippen LogP contribution in [0.15, 0.2) is 54.7 Å². The molecule has 0 bridgehead atoms. The molecular formula is C16H12F2N2. The van der Waals surface area contributed by atoms with Gasteiger partial charge in [-0.1, -0.05) is 18.2 Å². The van der Waals surface area contributed by atoms with Gasteiger partial charge in [0.25, 0.3) is 0 Å². The Labute approximate surface area is 115 Å². The second-order valence-corrected chi connectivity index (χ2v) is 4.50. The van der Waals surface area contributed by atoms with Crippen molar-refractivity contribution in [2.45, 2.75) is 6.54 Å². The molecule has 0 unspecified atom stereocenters. The normalized spacial score (nSPS) is 10.7. The van der Waals surface area contributed by atoms with Crippen molar-refractivity contribution < 1.29 is 8.78 Å². The van der Waals surface area contributed by atoms with Crippen molar-refractivity contribution in [1.29, 1.82) is 0 Å². The SMILES string of the molecule is Fc1cc(F)cc(NCc2ccnc3ccccc23)c1. The number of hydrogen-bond donors (Lipinski definition) is 1. The average Bonchev–Trinajstić information content (AvgIpc) is 2.44. The van der Waals surface area contributed by atoms with E-state index in [0.717, 1.165) is 22.5 Å². The van der Waals surface area contributed by atoms with Crippen LogP contribution in [0, 0.1) is 11.6 Å². The van der Waals surface area contributed by atoms with E-state index in [-0.39, 0.29) is 0 Å². The lowest BCUT2D eigenvalue weighted by Gasteiger charge is -2.09. The van der Waals surface area contributed by atoms with E-state index in [2.05, 4.69) is 10.3 Å². The van der Waals surface area contributed by atoms with Crippen LogP contribution >= 0.6 is 0 Å². The van der Waals surface area contributed by atoms with Crippen LogP contribution in [0.4, 0.5) is 14.5 Å². The quantitative estimate of drug-likeness (QED) is 0.774. The summed E-state index contributed by atoms with van der Waals surface area (Å²) in [7, 11) is 0. The van der Waals surface area contributed by atoms with Crippen LogP contribution in [0.5, 0.6) is 0 Å². The standard InChI is InChI=1S/C16H12F2N2/c17-12-7-13(18)9-14(8-12)20-10-11-5-6-19-16-4-2-1-3-15(11)16/h1-9,20H,10H2. The number of rotatable bonds is 3. The maximum absolute atomic E-state index is 13.1. The van der Waals surface area contributed by atoms with Gasteiger partial charge in [0.2, 0.25) is 0 Å². The topological polar surface area (TPSA) is 24.9 Å². The van der Waals surface area contributed by atoms with Crippen LogP contribution in [-0.2, 0) is 6.54 Å². The number of nitrogens with zero attached hydrogens (tertiary/aromatic N) is 1. The van der Waals surface area contributed by atoms with E-state index >= 15 is 0 Å². The van der Waals surface area contributed by atoms with Gasteiger partial charge in [-0.05, 0) is 29.8 Å². The predicted molar refractivity (Wildman–Crippen MR) is 75.4 cm³/mol. The number of para-hydroxylation sites is 1. The molecule has 0 spiro atoms. The Hall–Kier alpha value is -2.49. The third-order valence-corrected chi connectivity index (χ3v) is 3.08. The van der Waals surface area contributed by atoms with Gasteiger partial charge < -0.3 is 5.32 Å². The highest BCUT2D eigenvalue weighted by molar-refractivity contribution is 5.82. The zero-order valence-corrected chi connectivity index (χ0v) is 10.6. The van der Waals surface area contributed by atoms with Gasteiger partial charge in [0.1, 0.15) is 11.6 Å². The molecule has 4 heteroatoms. The Kier molecular flexibility index (Phi) is 3.29. The summed E-state index contributed by atoms with van der Waals surface area (Å²) in [6, 6.07) is 13.1. The van der Waals surface area contributed by atoms with E-state index in [1.165, 1.54) is 12.1 Å². The van der Waals surface area contributed by atoms with E-state index in [4.69, 9.17) is 0 Å². The molecule has 0 aliphatic carbocycles. The zero-order chi connectivity index (χ0) is 13.9. The van der Waals surface area contributed by atoms with Crippen LogP contribution in [0.2, 0.25) is 0 Å². The first-order valence-corrected chi connectivity index (χ1v) is 6.25. The minimum Gasteiger partial charge on any atom is -0.381 e.